The van der Waals surface area contributed by atoms with Crippen molar-refractivity contribution in [2.75, 3.05) is 4.31 Å². The number of halogens is 1. The van der Waals surface area contributed by atoms with E-state index in [4.69, 9.17) is 11.6 Å². The predicted molar refractivity (Wildman–Crippen MR) is 96.1 cm³/mol. The van der Waals surface area contributed by atoms with Crippen LogP contribution in [0.4, 0.5) is 5.69 Å². The van der Waals surface area contributed by atoms with Crippen molar-refractivity contribution in [3.8, 4) is 11.3 Å². The van der Waals surface area contributed by atoms with Crippen molar-refractivity contribution in [1.29, 1.82) is 0 Å². The second-order valence-corrected chi connectivity index (χ2v) is 8.64. The molecule has 2 heterocycles. The van der Waals surface area contributed by atoms with E-state index >= 15 is 0 Å². The van der Waals surface area contributed by atoms with Crippen LogP contribution in [0.3, 0.4) is 0 Å². The second kappa shape index (κ2) is 4.86. The molecule has 0 saturated heterocycles. The molecule has 1 N–H and O–H groups in total. The van der Waals surface area contributed by atoms with Gasteiger partial charge in [-0.3, -0.25) is 9.40 Å². The summed E-state index contributed by atoms with van der Waals surface area (Å²) in [7, 11) is -3.72. The summed E-state index contributed by atoms with van der Waals surface area (Å²) in [6, 6.07) is 13.8. The molecule has 3 aromatic rings. The summed E-state index contributed by atoms with van der Waals surface area (Å²) in [6.45, 7) is 0. The fourth-order valence-corrected chi connectivity index (χ4v) is 5.68. The third-order valence-electron chi connectivity index (χ3n) is 4.98. The number of sulfonamides is 1. The molecule has 126 valence electrons. The number of nitrogens with one attached hydrogen (secondary N) is 1. The maximum atomic E-state index is 13.5. The highest BCUT2D eigenvalue weighted by Crippen LogP contribution is 2.60. The summed E-state index contributed by atoms with van der Waals surface area (Å²) in [5, 5.41) is 7.79. The smallest absolute Gasteiger partial charge is 0.265 e. The van der Waals surface area contributed by atoms with E-state index in [1.807, 2.05) is 30.5 Å². The normalized spacial score (nSPS) is 17.2. The maximum Gasteiger partial charge on any atom is 0.265 e. The topological polar surface area (TPSA) is 66.1 Å². The molecule has 25 heavy (non-hydrogen) atoms. The van der Waals surface area contributed by atoms with Crippen LogP contribution in [0, 0.1) is 0 Å². The minimum atomic E-state index is -3.72. The fraction of sp³-hybridized carbons (Fsp3) is 0.167. The predicted octanol–water partition coefficient (Wildman–Crippen LogP) is 3.93. The van der Waals surface area contributed by atoms with Crippen LogP contribution < -0.4 is 4.31 Å². The zero-order chi connectivity index (χ0) is 17.2. The number of rotatable bonds is 2. The van der Waals surface area contributed by atoms with Gasteiger partial charge < -0.3 is 0 Å². The van der Waals surface area contributed by atoms with Crippen LogP contribution in [0.25, 0.3) is 11.3 Å². The largest absolute Gasteiger partial charge is 0.285 e. The highest BCUT2D eigenvalue weighted by molar-refractivity contribution is 7.93. The van der Waals surface area contributed by atoms with Gasteiger partial charge in [0.1, 0.15) is 0 Å². The van der Waals surface area contributed by atoms with Gasteiger partial charge in [0.2, 0.25) is 0 Å². The number of fused-ring (bicyclic) bond motifs is 4. The summed E-state index contributed by atoms with van der Waals surface area (Å²) in [6.07, 6.45) is 3.38. The Hall–Kier alpha value is -2.31. The van der Waals surface area contributed by atoms with Crippen molar-refractivity contribution in [2.24, 2.45) is 0 Å². The molecule has 7 heteroatoms. The van der Waals surface area contributed by atoms with Crippen LogP contribution in [0.5, 0.6) is 0 Å². The molecule has 1 saturated carbocycles. The van der Waals surface area contributed by atoms with Crippen LogP contribution in [-0.2, 0) is 15.6 Å². The monoisotopic (exact) mass is 371 g/mol. The molecule has 0 atom stereocenters. The number of nitrogens with zero attached hydrogens (tertiary/aromatic N) is 2. The maximum absolute atomic E-state index is 13.5. The number of aromatic amines is 1. The zero-order valence-corrected chi connectivity index (χ0v) is 14.7. The molecule has 0 radical (unpaired) electrons. The van der Waals surface area contributed by atoms with E-state index in [0.717, 1.165) is 29.7 Å². The van der Waals surface area contributed by atoms with Crippen molar-refractivity contribution in [3.05, 3.63) is 65.3 Å². The zero-order valence-electron chi connectivity index (χ0n) is 13.1. The first-order valence-electron chi connectivity index (χ1n) is 7.99. The number of hydrogen-bond acceptors (Lipinski definition) is 3. The minimum absolute atomic E-state index is 0.241. The van der Waals surface area contributed by atoms with Gasteiger partial charge in [-0.15, -0.1) is 0 Å². The lowest BCUT2D eigenvalue weighted by Gasteiger charge is -2.37. The molecule has 1 spiro atoms. The molecular formula is C18H14ClN3O2S. The Bertz CT molecular complexity index is 1090. The molecule has 2 aromatic carbocycles. The molecule has 5 rings (SSSR count). The summed E-state index contributed by atoms with van der Waals surface area (Å²) in [5.74, 6) is 0. The van der Waals surface area contributed by atoms with E-state index < -0.39 is 15.6 Å². The highest BCUT2D eigenvalue weighted by atomic mass is 35.5. The van der Waals surface area contributed by atoms with Gasteiger partial charge in [0, 0.05) is 22.3 Å². The molecule has 2 aliphatic rings. The Balaban J connectivity index is 1.78. The lowest BCUT2D eigenvalue weighted by Crippen LogP contribution is -2.43. The molecule has 0 amide bonds. The number of H-pyrrole nitrogens is 1. The average Bonchev–Trinajstić information content (AvgIpc) is 3.20. The Morgan fingerprint density at radius 1 is 1.08 bits per heavy atom. The van der Waals surface area contributed by atoms with Crippen LogP contribution in [-0.4, -0.2) is 18.6 Å². The number of para-hydroxylation sites is 1. The van der Waals surface area contributed by atoms with Gasteiger partial charge in [-0.2, -0.15) is 5.10 Å². The van der Waals surface area contributed by atoms with E-state index in [1.54, 1.807) is 28.6 Å². The first-order valence-corrected chi connectivity index (χ1v) is 9.80. The SMILES string of the molecule is O=S(=O)(c1ccc(Cl)cc1)N1c2ccccc2-c2n[nH]cc2C12CC2. The Kier molecular flexibility index (Phi) is 2.92. The van der Waals surface area contributed by atoms with Crippen molar-refractivity contribution in [2.45, 2.75) is 23.3 Å². The average molecular weight is 372 g/mol. The number of benzene rings is 2. The van der Waals surface area contributed by atoms with Gasteiger partial charge in [-0.25, -0.2) is 8.42 Å². The Morgan fingerprint density at radius 2 is 1.80 bits per heavy atom. The second-order valence-electron chi connectivity index (χ2n) is 6.42. The van der Waals surface area contributed by atoms with E-state index in [9.17, 15) is 8.42 Å². The molecule has 5 nitrogen and oxygen atoms in total. The first-order chi connectivity index (χ1) is 12.0. The number of hydrogen-bond donors (Lipinski definition) is 1. The molecule has 1 aromatic heterocycles. The first kappa shape index (κ1) is 15.0. The van der Waals surface area contributed by atoms with Crippen molar-refractivity contribution >= 4 is 27.3 Å². The standard InChI is InChI=1S/C18H14ClN3O2S/c19-12-5-7-13(8-6-12)25(23,24)22-16-4-2-1-3-14(16)17-15(11-20-21-17)18(22)9-10-18/h1-8,11H,9-10H2,(H,20,21). The van der Waals surface area contributed by atoms with Gasteiger partial charge in [0.25, 0.3) is 10.0 Å². The van der Waals surface area contributed by atoms with E-state index in [1.165, 1.54) is 0 Å². The number of anilines is 1. The van der Waals surface area contributed by atoms with Gasteiger partial charge >= 0.3 is 0 Å². The number of aromatic nitrogens is 2. The molecule has 1 fully saturated rings. The Labute approximate surface area is 150 Å². The van der Waals surface area contributed by atoms with Crippen LogP contribution >= 0.6 is 11.6 Å². The van der Waals surface area contributed by atoms with Gasteiger partial charge in [-0.1, -0.05) is 29.8 Å². The third kappa shape index (κ3) is 1.95. The van der Waals surface area contributed by atoms with Crippen molar-refractivity contribution < 1.29 is 8.42 Å². The van der Waals surface area contributed by atoms with Crippen LogP contribution in [0.2, 0.25) is 5.02 Å². The van der Waals surface area contributed by atoms with E-state index in [2.05, 4.69) is 10.2 Å². The lowest BCUT2D eigenvalue weighted by molar-refractivity contribution is 0.574. The molecule has 1 aliphatic heterocycles. The molecule has 0 unspecified atom stereocenters. The highest BCUT2D eigenvalue weighted by Gasteiger charge is 2.59. The fourth-order valence-electron chi connectivity index (χ4n) is 3.70. The van der Waals surface area contributed by atoms with Crippen molar-refractivity contribution in [3.63, 3.8) is 0 Å². The quantitative estimate of drug-likeness (QED) is 0.742. The van der Waals surface area contributed by atoms with E-state index in [-0.39, 0.29) is 4.90 Å². The molecule has 0 bridgehead atoms. The lowest BCUT2D eigenvalue weighted by atomic mass is 9.94. The molecular weight excluding hydrogens is 358 g/mol. The third-order valence-corrected chi connectivity index (χ3v) is 7.13. The summed E-state index contributed by atoms with van der Waals surface area (Å²) >= 11 is 5.93. The Morgan fingerprint density at radius 3 is 2.52 bits per heavy atom. The molecule has 1 aliphatic carbocycles. The van der Waals surface area contributed by atoms with Crippen LogP contribution in [0.15, 0.2) is 59.6 Å². The van der Waals surface area contributed by atoms with Crippen LogP contribution in [0.1, 0.15) is 18.4 Å². The minimum Gasteiger partial charge on any atom is -0.285 e. The van der Waals surface area contributed by atoms with Crippen molar-refractivity contribution in [1.82, 2.24) is 10.2 Å². The van der Waals surface area contributed by atoms with Gasteiger partial charge in [0.05, 0.1) is 21.8 Å². The summed E-state index contributed by atoms with van der Waals surface area (Å²) < 4.78 is 28.6. The van der Waals surface area contributed by atoms with Gasteiger partial charge in [0.15, 0.2) is 0 Å². The van der Waals surface area contributed by atoms with E-state index in [0.29, 0.717) is 10.7 Å². The summed E-state index contributed by atoms with van der Waals surface area (Å²) in [5.41, 5.74) is 2.75. The summed E-state index contributed by atoms with van der Waals surface area (Å²) in [4.78, 5) is 0.241. The van der Waals surface area contributed by atoms with Gasteiger partial charge in [-0.05, 0) is 43.2 Å².